The molecule has 0 aliphatic carbocycles. The minimum Gasteiger partial charge on any atom is -0.344 e. The summed E-state index contributed by atoms with van der Waals surface area (Å²) in [6.45, 7) is 4.21. The fraction of sp³-hybridized carbons (Fsp3) is 0.150. The third-order valence-electron chi connectivity index (χ3n) is 4.12. The normalized spacial score (nSPS) is 11.7. The van der Waals surface area contributed by atoms with Crippen LogP contribution in [-0.2, 0) is 0 Å². The van der Waals surface area contributed by atoms with Crippen molar-refractivity contribution in [3.05, 3.63) is 76.0 Å². The van der Waals surface area contributed by atoms with Gasteiger partial charge in [0.25, 0.3) is 5.69 Å². The lowest BCUT2D eigenvalue weighted by molar-refractivity contribution is -0.384. The molecule has 1 heterocycles. The molecule has 0 saturated heterocycles. The van der Waals surface area contributed by atoms with Crippen LogP contribution in [0.5, 0.6) is 0 Å². The third kappa shape index (κ3) is 3.15. The minimum absolute atomic E-state index is 0.0248. The third-order valence-corrected chi connectivity index (χ3v) is 4.12. The van der Waals surface area contributed by atoms with E-state index in [1.54, 1.807) is 18.2 Å². The summed E-state index contributed by atoms with van der Waals surface area (Å²) >= 11 is 0. The highest BCUT2D eigenvalue weighted by atomic mass is 16.6. The summed E-state index contributed by atoms with van der Waals surface area (Å²) < 4.78 is 2.16. The number of hydrogen-bond donors (Lipinski definition) is 0. The Hall–Kier alpha value is -3.39. The van der Waals surface area contributed by atoms with Crippen molar-refractivity contribution in [3.63, 3.8) is 0 Å². The second-order valence-electron chi connectivity index (χ2n) is 6.08. The highest BCUT2D eigenvalue weighted by Gasteiger charge is 2.12. The van der Waals surface area contributed by atoms with E-state index in [9.17, 15) is 15.4 Å². The van der Waals surface area contributed by atoms with Gasteiger partial charge >= 0.3 is 0 Å². The Morgan fingerprint density at radius 2 is 2.00 bits per heavy atom. The first kappa shape index (κ1) is 16.5. The number of hydrogen-bond acceptors (Lipinski definition) is 3. The van der Waals surface area contributed by atoms with Crippen molar-refractivity contribution in [2.75, 3.05) is 0 Å². The largest absolute Gasteiger partial charge is 0.344 e. The number of rotatable bonds is 4. The second kappa shape index (κ2) is 6.62. The van der Waals surface area contributed by atoms with Crippen LogP contribution in [0.3, 0.4) is 0 Å². The maximum Gasteiger partial charge on any atom is 0.270 e. The molecule has 0 aliphatic heterocycles. The van der Waals surface area contributed by atoms with Crippen LogP contribution >= 0.6 is 0 Å². The Balaban J connectivity index is 2.16. The highest BCUT2D eigenvalue weighted by molar-refractivity contribution is 5.98. The van der Waals surface area contributed by atoms with Crippen LogP contribution < -0.4 is 0 Å². The molecule has 0 aliphatic rings. The van der Waals surface area contributed by atoms with Crippen LogP contribution in [0, 0.1) is 21.4 Å². The van der Waals surface area contributed by atoms with E-state index in [4.69, 9.17) is 0 Å². The van der Waals surface area contributed by atoms with Gasteiger partial charge in [-0.1, -0.05) is 30.3 Å². The molecule has 0 fully saturated rings. The SMILES string of the molecule is CC(C)n1cc(/C=C(/C#N)c2cccc([N+](=O)[O-])c2)c2ccccc21. The lowest BCUT2D eigenvalue weighted by Crippen LogP contribution is -1.97. The fourth-order valence-corrected chi connectivity index (χ4v) is 2.90. The maximum atomic E-state index is 11.0. The Morgan fingerprint density at radius 1 is 1.24 bits per heavy atom. The molecule has 5 heteroatoms. The van der Waals surface area contributed by atoms with Crippen LogP contribution in [-0.4, -0.2) is 9.49 Å². The van der Waals surface area contributed by atoms with E-state index in [-0.39, 0.29) is 11.7 Å². The maximum absolute atomic E-state index is 11.0. The van der Waals surface area contributed by atoms with Gasteiger partial charge in [0.05, 0.1) is 16.6 Å². The van der Waals surface area contributed by atoms with Crippen LogP contribution in [0.15, 0.2) is 54.7 Å². The van der Waals surface area contributed by atoms with Gasteiger partial charge in [-0.15, -0.1) is 0 Å². The van der Waals surface area contributed by atoms with Crippen LogP contribution in [0.4, 0.5) is 5.69 Å². The van der Waals surface area contributed by atoms with E-state index in [1.807, 2.05) is 30.5 Å². The number of para-hydroxylation sites is 1. The molecule has 0 atom stereocenters. The van der Waals surface area contributed by atoms with E-state index in [1.165, 1.54) is 12.1 Å². The molecule has 0 N–H and O–H groups in total. The van der Waals surface area contributed by atoms with Crippen LogP contribution in [0.1, 0.15) is 31.0 Å². The Bertz CT molecular complexity index is 1020. The van der Waals surface area contributed by atoms with Gasteiger partial charge in [-0.25, -0.2) is 0 Å². The average Bonchev–Trinajstić information content (AvgIpc) is 2.98. The molecule has 3 aromatic rings. The Kier molecular flexibility index (Phi) is 4.36. The molecule has 25 heavy (non-hydrogen) atoms. The molecule has 0 unspecified atom stereocenters. The van der Waals surface area contributed by atoms with Gasteiger partial charge < -0.3 is 4.57 Å². The predicted molar refractivity (Wildman–Crippen MR) is 98.9 cm³/mol. The first-order valence-electron chi connectivity index (χ1n) is 7.97. The van der Waals surface area contributed by atoms with E-state index in [2.05, 4.69) is 24.5 Å². The molecule has 0 bridgehead atoms. The smallest absolute Gasteiger partial charge is 0.270 e. The number of non-ortho nitro benzene ring substituents is 1. The van der Waals surface area contributed by atoms with Crippen LogP contribution in [0.2, 0.25) is 0 Å². The predicted octanol–water partition coefficient (Wildman–Crippen LogP) is 5.19. The zero-order valence-electron chi connectivity index (χ0n) is 14.0. The number of allylic oxidation sites excluding steroid dienone is 1. The summed E-state index contributed by atoms with van der Waals surface area (Å²) in [5, 5.41) is 21.6. The molecule has 1 aromatic heterocycles. The van der Waals surface area contributed by atoms with Crippen molar-refractivity contribution < 1.29 is 4.92 Å². The highest BCUT2D eigenvalue weighted by Crippen LogP contribution is 2.29. The molecule has 5 nitrogen and oxygen atoms in total. The number of nitro benzene ring substituents is 1. The molecule has 3 rings (SSSR count). The van der Waals surface area contributed by atoms with E-state index < -0.39 is 4.92 Å². The first-order chi connectivity index (χ1) is 12.0. The first-order valence-corrected chi connectivity index (χ1v) is 7.97. The second-order valence-corrected chi connectivity index (χ2v) is 6.08. The summed E-state index contributed by atoms with van der Waals surface area (Å²) in [7, 11) is 0. The molecular weight excluding hydrogens is 314 g/mol. The van der Waals surface area contributed by atoms with Crippen molar-refractivity contribution >= 4 is 28.2 Å². The van der Waals surface area contributed by atoms with Gasteiger partial charge in [-0.2, -0.15) is 5.26 Å². The lowest BCUT2D eigenvalue weighted by Gasteiger charge is -2.08. The number of nitro groups is 1. The molecule has 0 radical (unpaired) electrons. The fourth-order valence-electron chi connectivity index (χ4n) is 2.90. The number of nitriles is 1. The van der Waals surface area contributed by atoms with Crippen molar-refractivity contribution in [3.8, 4) is 6.07 Å². The molecule has 124 valence electrons. The van der Waals surface area contributed by atoms with Crippen LogP contribution in [0.25, 0.3) is 22.6 Å². The zero-order valence-corrected chi connectivity index (χ0v) is 14.0. The number of fused-ring (bicyclic) bond motifs is 1. The summed E-state index contributed by atoms with van der Waals surface area (Å²) in [5.41, 5.74) is 2.93. The Morgan fingerprint density at radius 3 is 2.68 bits per heavy atom. The van der Waals surface area contributed by atoms with Crippen molar-refractivity contribution in [2.45, 2.75) is 19.9 Å². The Labute approximate surface area is 145 Å². The summed E-state index contributed by atoms with van der Waals surface area (Å²) in [5.74, 6) is 0. The molecular formula is C20H17N3O2. The monoisotopic (exact) mass is 331 g/mol. The molecule has 0 spiro atoms. The molecule has 2 aromatic carbocycles. The number of aromatic nitrogens is 1. The zero-order chi connectivity index (χ0) is 18.0. The van der Waals surface area contributed by atoms with Gasteiger partial charge in [-0.05, 0) is 31.6 Å². The topological polar surface area (TPSA) is 71.9 Å². The molecule has 0 saturated carbocycles. The average molecular weight is 331 g/mol. The quantitative estimate of drug-likeness (QED) is 0.375. The summed E-state index contributed by atoms with van der Waals surface area (Å²) in [6, 6.07) is 16.6. The standard InChI is InChI=1S/C20H17N3O2/c1-14(2)22-13-17(19-8-3-4-9-20(19)22)10-16(12-21)15-6-5-7-18(11-15)23(24)25/h3-11,13-14H,1-2H3/b16-10-. The van der Waals surface area contributed by atoms with Gasteiger partial charge in [0.1, 0.15) is 0 Å². The van der Waals surface area contributed by atoms with E-state index in [0.717, 1.165) is 16.5 Å². The van der Waals surface area contributed by atoms with E-state index in [0.29, 0.717) is 11.1 Å². The number of nitrogens with zero attached hydrogens (tertiary/aromatic N) is 3. The van der Waals surface area contributed by atoms with Crippen molar-refractivity contribution in [1.82, 2.24) is 4.57 Å². The molecule has 0 amide bonds. The van der Waals surface area contributed by atoms with Gasteiger partial charge in [0.2, 0.25) is 0 Å². The minimum atomic E-state index is -0.455. The van der Waals surface area contributed by atoms with Crippen molar-refractivity contribution in [2.24, 2.45) is 0 Å². The van der Waals surface area contributed by atoms with Gasteiger partial charge in [0, 0.05) is 40.8 Å². The number of benzene rings is 2. The lowest BCUT2D eigenvalue weighted by atomic mass is 10.0. The summed E-state index contributed by atoms with van der Waals surface area (Å²) in [6.07, 6.45) is 3.81. The van der Waals surface area contributed by atoms with Gasteiger partial charge in [-0.3, -0.25) is 10.1 Å². The van der Waals surface area contributed by atoms with Crippen molar-refractivity contribution in [1.29, 1.82) is 5.26 Å². The van der Waals surface area contributed by atoms with Gasteiger partial charge in [0.15, 0.2) is 0 Å². The van der Waals surface area contributed by atoms with E-state index >= 15 is 0 Å². The summed E-state index contributed by atoms with van der Waals surface area (Å²) in [4.78, 5) is 10.5.